The van der Waals surface area contributed by atoms with Crippen LogP contribution in [0.3, 0.4) is 0 Å². The highest BCUT2D eigenvalue weighted by Crippen LogP contribution is 2.26. The summed E-state index contributed by atoms with van der Waals surface area (Å²) < 4.78 is 40.1. The Morgan fingerprint density at radius 2 is 2.04 bits per heavy atom. The predicted octanol–water partition coefficient (Wildman–Crippen LogP) is 1.74. The van der Waals surface area contributed by atoms with E-state index in [1.54, 1.807) is 12.3 Å². The number of benzene rings is 1. The summed E-state index contributed by atoms with van der Waals surface area (Å²) in [5.74, 6) is -1.11. The van der Waals surface area contributed by atoms with Crippen molar-refractivity contribution in [1.29, 1.82) is 0 Å². The number of rotatable bonds is 7. The van der Waals surface area contributed by atoms with Crippen LogP contribution in [-0.4, -0.2) is 61.4 Å². The smallest absolute Gasteiger partial charge is 0.337 e. The first-order valence-electron chi connectivity index (χ1n) is 8.91. The maximum absolute atomic E-state index is 13.5. The Morgan fingerprint density at radius 1 is 1.33 bits per heavy atom. The van der Waals surface area contributed by atoms with Gasteiger partial charge in [-0.2, -0.15) is 0 Å². The van der Waals surface area contributed by atoms with E-state index in [-0.39, 0.29) is 5.56 Å². The van der Waals surface area contributed by atoms with Crippen molar-refractivity contribution >= 4 is 26.9 Å². The van der Waals surface area contributed by atoms with Gasteiger partial charge in [0.1, 0.15) is 5.82 Å². The Balaban J connectivity index is 1.62. The highest BCUT2D eigenvalue weighted by Gasteiger charge is 2.22. The molecule has 0 unspecified atom stereocenters. The zero-order valence-electron chi connectivity index (χ0n) is 15.2. The van der Waals surface area contributed by atoms with Gasteiger partial charge in [0.2, 0.25) is 10.0 Å². The van der Waals surface area contributed by atoms with E-state index in [0.29, 0.717) is 30.9 Å². The van der Waals surface area contributed by atoms with Crippen LogP contribution in [0.1, 0.15) is 23.2 Å². The van der Waals surface area contributed by atoms with Crippen LogP contribution in [0.2, 0.25) is 0 Å². The molecule has 2 heterocycles. The highest BCUT2D eigenvalue weighted by atomic mass is 32.2. The molecule has 0 amide bonds. The lowest BCUT2D eigenvalue weighted by Crippen LogP contribution is -2.40. The van der Waals surface area contributed by atoms with E-state index in [1.165, 1.54) is 12.1 Å². The summed E-state index contributed by atoms with van der Waals surface area (Å²) in [5.41, 5.74) is 0.849. The van der Waals surface area contributed by atoms with Gasteiger partial charge in [0.25, 0.3) is 0 Å². The number of fused-ring (bicyclic) bond motifs is 1. The van der Waals surface area contributed by atoms with Gasteiger partial charge in [0.05, 0.1) is 11.8 Å². The standard InChI is InChI=1S/C18H24FN3O4S/c1-27(25,26)20-6-9-21-7-4-13(5-8-21)11-22-12-16(18(23)24)15-10-14(19)2-3-17(15)22/h2-3,10,12-13,20H,4-9,11H2,1H3,(H,23,24). The summed E-state index contributed by atoms with van der Waals surface area (Å²) in [4.78, 5) is 13.7. The Hall–Kier alpha value is -1.97. The van der Waals surface area contributed by atoms with Crippen LogP contribution in [-0.2, 0) is 16.6 Å². The molecule has 7 nitrogen and oxygen atoms in total. The zero-order valence-corrected chi connectivity index (χ0v) is 16.0. The molecule has 0 bridgehead atoms. The maximum atomic E-state index is 13.5. The van der Waals surface area contributed by atoms with Crippen LogP contribution in [0, 0.1) is 11.7 Å². The first kappa shape index (κ1) is 19.8. The van der Waals surface area contributed by atoms with E-state index < -0.39 is 21.8 Å². The normalized spacial score (nSPS) is 16.8. The van der Waals surface area contributed by atoms with Crippen LogP contribution in [0.25, 0.3) is 10.9 Å². The molecular formula is C18H24FN3O4S. The van der Waals surface area contributed by atoms with E-state index in [0.717, 1.165) is 37.7 Å². The number of aromatic carboxylic acids is 1. The molecule has 0 spiro atoms. The molecule has 0 atom stereocenters. The van der Waals surface area contributed by atoms with Crippen molar-refractivity contribution in [2.24, 2.45) is 5.92 Å². The molecule has 1 aliphatic heterocycles. The summed E-state index contributed by atoms with van der Waals surface area (Å²) in [6.07, 6.45) is 4.64. The molecule has 2 aromatic rings. The van der Waals surface area contributed by atoms with Crippen molar-refractivity contribution in [2.45, 2.75) is 19.4 Å². The minimum absolute atomic E-state index is 0.119. The van der Waals surface area contributed by atoms with Crippen molar-refractivity contribution in [3.05, 3.63) is 35.8 Å². The van der Waals surface area contributed by atoms with Gasteiger partial charge in [-0.15, -0.1) is 0 Å². The number of likely N-dealkylation sites (tertiary alicyclic amines) is 1. The molecule has 1 aromatic carbocycles. The van der Waals surface area contributed by atoms with E-state index in [9.17, 15) is 22.7 Å². The number of sulfonamides is 1. The van der Waals surface area contributed by atoms with Crippen molar-refractivity contribution in [3.63, 3.8) is 0 Å². The van der Waals surface area contributed by atoms with Crippen molar-refractivity contribution in [1.82, 2.24) is 14.2 Å². The Labute approximate surface area is 157 Å². The summed E-state index contributed by atoms with van der Waals surface area (Å²) in [6, 6.07) is 4.25. The third-order valence-electron chi connectivity index (χ3n) is 5.03. The average molecular weight is 397 g/mol. The Bertz CT molecular complexity index is 933. The monoisotopic (exact) mass is 397 g/mol. The maximum Gasteiger partial charge on any atom is 0.337 e. The fraction of sp³-hybridized carbons (Fsp3) is 0.500. The number of hydrogen-bond acceptors (Lipinski definition) is 4. The van der Waals surface area contributed by atoms with E-state index >= 15 is 0 Å². The van der Waals surface area contributed by atoms with E-state index in [2.05, 4.69) is 9.62 Å². The van der Waals surface area contributed by atoms with Crippen molar-refractivity contribution in [2.75, 3.05) is 32.4 Å². The molecule has 148 valence electrons. The van der Waals surface area contributed by atoms with Gasteiger partial charge in [-0.05, 0) is 50.0 Å². The van der Waals surface area contributed by atoms with Crippen LogP contribution in [0.4, 0.5) is 4.39 Å². The largest absolute Gasteiger partial charge is 0.478 e. The molecule has 9 heteroatoms. The molecule has 0 aliphatic carbocycles. The summed E-state index contributed by atoms with van der Waals surface area (Å²) in [6.45, 7) is 3.50. The molecular weight excluding hydrogens is 373 g/mol. The molecule has 0 saturated carbocycles. The van der Waals surface area contributed by atoms with Crippen LogP contribution < -0.4 is 4.72 Å². The van der Waals surface area contributed by atoms with Crippen LogP contribution in [0.15, 0.2) is 24.4 Å². The van der Waals surface area contributed by atoms with Gasteiger partial charge in [-0.3, -0.25) is 0 Å². The molecule has 0 radical (unpaired) electrons. The van der Waals surface area contributed by atoms with Crippen LogP contribution >= 0.6 is 0 Å². The van der Waals surface area contributed by atoms with Gasteiger partial charge in [-0.25, -0.2) is 22.3 Å². The quantitative estimate of drug-likeness (QED) is 0.743. The number of piperidine rings is 1. The molecule has 2 N–H and O–H groups in total. The van der Waals surface area contributed by atoms with E-state index in [4.69, 9.17) is 0 Å². The lowest BCUT2D eigenvalue weighted by atomic mass is 9.96. The fourth-order valence-electron chi connectivity index (χ4n) is 3.65. The summed E-state index contributed by atoms with van der Waals surface area (Å²) in [5, 5.41) is 9.80. The number of carboxylic acids is 1. The fourth-order valence-corrected chi connectivity index (χ4v) is 4.11. The molecule has 3 rings (SSSR count). The van der Waals surface area contributed by atoms with E-state index in [1.807, 2.05) is 4.57 Å². The Morgan fingerprint density at radius 3 is 2.67 bits per heavy atom. The second-order valence-electron chi connectivity index (χ2n) is 7.11. The first-order valence-corrected chi connectivity index (χ1v) is 10.8. The lowest BCUT2D eigenvalue weighted by molar-refractivity contribution is 0.0698. The molecule has 1 aromatic heterocycles. The second-order valence-corrected chi connectivity index (χ2v) is 8.95. The van der Waals surface area contributed by atoms with Gasteiger partial charge in [0, 0.05) is 36.7 Å². The summed E-state index contributed by atoms with van der Waals surface area (Å²) >= 11 is 0. The number of nitrogens with one attached hydrogen (secondary N) is 1. The Kier molecular flexibility index (Phi) is 5.83. The average Bonchev–Trinajstić information content (AvgIpc) is 2.93. The number of carbonyl (C=O) groups is 1. The third kappa shape index (κ3) is 5.06. The topological polar surface area (TPSA) is 91.6 Å². The number of carboxylic acid groups (broad SMARTS) is 1. The number of nitrogens with zero attached hydrogens (tertiary/aromatic N) is 2. The lowest BCUT2D eigenvalue weighted by Gasteiger charge is -2.32. The number of hydrogen-bond donors (Lipinski definition) is 2. The summed E-state index contributed by atoms with van der Waals surface area (Å²) in [7, 11) is -3.16. The SMILES string of the molecule is CS(=O)(=O)NCCN1CCC(Cn2cc(C(=O)O)c3cc(F)ccc32)CC1. The van der Waals surface area contributed by atoms with Crippen molar-refractivity contribution < 1.29 is 22.7 Å². The minimum atomic E-state index is -3.16. The van der Waals surface area contributed by atoms with Gasteiger partial charge in [0.15, 0.2) is 0 Å². The molecule has 1 aliphatic rings. The van der Waals surface area contributed by atoms with Crippen LogP contribution in [0.5, 0.6) is 0 Å². The highest BCUT2D eigenvalue weighted by molar-refractivity contribution is 7.88. The number of halogens is 1. The first-order chi connectivity index (χ1) is 12.7. The predicted molar refractivity (Wildman–Crippen MR) is 101 cm³/mol. The minimum Gasteiger partial charge on any atom is -0.478 e. The zero-order chi connectivity index (χ0) is 19.6. The van der Waals surface area contributed by atoms with Gasteiger partial charge in [-0.1, -0.05) is 0 Å². The second kappa shape index (κ2) is 7.95. The van der Waals surface area contributed by atoms with Gasteiger partial charge >= 0.3 is 5.97 Å². The molecule has 1 fully saturated rings. The van der Waals surface area contributed by atoms with Gasteiger partial charge < -0.3 is 14.6 Å². The molecule has 27 heavy (non-hydrogen) atoms. The number of aromatic nitrogens is 1. The third-order valence-corrected chi connectivity index (χ3v) is 5.76. The van der Waals surface area contributed by atoms with Crippen molar-refractivity contribution in [3.8, 4) is 0 Å². The molecule has 1 saturated heterocycles.